The monoisotopic (exact) mass is 316 g/mol. The molecule has 112 valence electrons. The lowest BCUT2D eigenvalue weighted by atomic mass is 9.97. The normalized spacial score (nSPS) is 16.6. The molecule has 2 rings (SSSR count). The molecule has 20 heavy (non-hydrogen) atoms. The van der Waals surface area contributed by atoms with Crippen molar-refractivity contribution >= 4 is 29.9 Å². The van der Waals surface area contributed by atoms with Crippen molar-refractivity contribution in [3.8, 4) is 0 Å². The Morgan fingerprint density at radius 1 is 1.35 bits per heavy atom. The molecule has 0 bridgehead atoms. The van der Waals surface area contributed by atoms with E-state index in [0.717, 1.165) is 31.2 Å². The summed E-state index contributed by atoms with van der Waals surface area (Å²) in [6.45, 7) is 3.17. The van der Waals surface area contributed by atoms with Gasteiger partial charge < -0.3 is 10.6 Å². The van der Waals surface area contributed by atoms with Crippen LogP contribution >= 0.6 is 24.0 Å². The van der Waals surface area contributed by atoms with E-state index < -0.39 is 5.54 Å². The Balaban J connectivity index is 0.00000200. The summed E-state index contributed by atoms with van der Waals surface area (Å²) in [5.74, 6) is 0.0624. The number of amides is 1. The highest BCUT2D eigenvalue weighted by atomic mass is 35.5. The van der Waals surface area contributed by atoms with Gasteiger partial charge in [-0.3, -0.25) is 4.79 Å². The lowest BCUT2D eigenvalue weighted by Gasteiger charge is -2.31. The van der Waals surface area contributed by atoms with E-state index in [1.54, 1.807) is 0 Å². The Morgan fingerprint density at radius 3 is 2.50 bits per heavy atom. The van der Waals surface area contributed by atoms with Crippen molar-refractivity contribution in [2.75, 3.05) is 6.54 Å². The van der Waals surface area contributed by atoms with Gasteiger partial charge in [-0.2, -0.15) is 0 Å². The van der Waals surface area contributed by atoms with E-state index in [0.29, 0.717) is 18.1 Å². The highest BCUT2D eigenvalue weighted by Gasteiger charge is 2.39. The Kier molecular flexibility index (Phi) is 6.31. The van der Waals surface area contributed by atoms with Crippen LogP contribution < -0.4 is 5.73 Å². The Hall–Kier alpha value is -0.770. The zero-order valence-electron chi connectivity index (χ0n) is 11.8. The SMILES string of the molecule is CCN(Cc1ccccc1Cl)C(=O)C1(N)CCCC1.Cl. The number of carbonyl (C=O) groups is 1. The van der Waals surface area contributed by atoms with Crippen molar-refractivity contribution in [1.29, 1.82) is 0 Å². The van der Waals surface area contributed by atoms with E-state index in [1.165, 1.54) is 0 Å². The lowest BCUT2D eigenvalue weighted by Crippen LogP contribution is -2.53. The minimum atomic E-state index is -0.655. The number of likely N-dealkylation sites (N-methyl/N-ethyl adjacent to an activating group) is 1. The minimum Gasteiger partial charge on any atom is -0.337 e. The molecular weight excluding hydrogens is 295 g/mol. The zero-order chi connectivity index (χ0) is 13.9. The quantitative estimate of drug-likeness (QED) is 0.925. The predicted molar refractivity (Wildman–Crippen MR) is 85.2 cm³/mol. The summed E-state index contributed by atoms with van der Waals surface area (Å²) in [7, 11) is 0. The fraction of sp³-hybridized carbons (Fsp3) is 0.533. The second-order valence-electron chi connectivity index (χ2n) is 5.27. The van der Waals surface area contributed by atoms with Crippen molar-refractivity contribution in [2.45, 2.75) is 44.7 Å². The van der Waals surface area contributed by atoms with Crippen LogP contribution in [-0.2, 0) is 11.3 Å². The van der Waals surface area contributed by atoms with E-state index in [2.05, 4.69) is 0 Å². The molecule has 0 saturated heterocycles. The van der Waals surface area contributed by atoms with Crippen LogP contribution in [0.1, 0.15) is 38.2 Å². The molecule has 1 aliphatic carbocycles. The molecule has 1 aromatic rings. The fourth-order valence-electron chi connectivity index (χ4n) is 2.69. The van der Waals surface area contributed by atoms with Crippen LogP contribution in [0.4, 0.5) is 0 Å². The summed E-state index contributed by atoms with van der Waals surface area (Å²) in [5, 5.41) is 0.700. The molecular formula is C15H22Cl2N2O. The molecule has 0 aromatic heterocycles. The molecule has 0 heterocycles. The van der Waals surface area contributed by atoms with Gasteiger partial charge in [0.15, 0.2) is 0 Å². The van der Waals surface area contributed by atoms with E-state index >= 15 is 0 Å². The molecule has 0 aliphatic heterocycles. The van der Waals surface area contributed by atoms with Gasteiger partial charge >= 0.3 is 0 Å². The second-order valence-corrected chi connectivity index (χ2v) is 5.68. The van der Waals surface area contributed by atoms with Gasteiger partial charge in [0.2, 0.25) is 5.91 Å². The highest BCUT2D eigenvalue weighted by Crippen LogP contribution is 2.30. The lowest BCUT2D eigenvalue weighted by molar-refractivity contribution is -0.137. The molecule has 3 nitrogen and oxygen atoms in total. The van der Waals surface area contributed by atoms with Crippen molar-refractivity contribution < 1.29 is 4.79 Å². The first-order valence-corrected chi connectivity index (χ1v) is 7.26. The van der Waals surface area contributed by atoms with E-state index in [1.807, 2.05) is 36.1 Å². The predicted octanol–water partition coefficient (Wildman–Crippen LogP) is 3.38. The average molecular weight is 317 g/mol. The molecule has 1 aliphatic rings. The Bertz CT molecular complexity index is 459. The van der Waals surface area contributed by atoms with Crippen molar-refractivity contribution in [3.63, 3.8) is 0 Å². The molecule has 0 spiro atoms. The maximum Gasteiger partial charge on any atom is 0.242 e. The maximum absolute atomic E-state index is 12.6. The van der Waals surface area contributed by atoms with Gasteiger partial charge in [0, 0.05) is 18.1 Å². The maximum atomic E-state index is 12.6. The van der Waals surface area contributed by atoms with E-state index in [-0.39, 0.29) is 18.3 Å². The number of hydrogen-bond acceptors (Lipinski definition) is 2. The number of rotatable bonds is 4. The van der Waals surface area contributed by atoms with Crippen molar-refractivity contribution in [3.05, 3.63) is 34.9 Å². The minimum absolute atomic E-state index is 0. The molecule has 1 saturated carbocycles. The van der Waals surface area contributed by atoms with Gasteiger partial charge in [0.05, 0.1) is 5.54 Å². The molecule has 5 heteroatoms. The average Bonchev–Trinajstić information content (AvgIpc) is 2.85. The van der Waals surface area contributed by atoms with Crippen LogP contribution in [0.25, 0.3) is 0 Å². The van der Waals surface area contributed by atoms with E-state index in [9.17, 15) is 4.79 Å². The van der Waals surface area contributed by atoms with Gasteiger partial charge in [-0.15, -0.1) is 12.4 Å². The molecule has 1 fully saturated rings. The summed E-state index contributed by atoms with van der Waals surface area (Å²) in [4.78, 5) is 14.4. The van der Waals surface area contributed by atoms with Crippen LogP contribution in [0.15, 0.2) is 24.3 Å². The van der Waals surface area contributed by atoms with Crippen molar-refractivity contribution in [2.24, 2.45) is 5.73 Å². The Labute approximate surface area is 131 Å². The van der Waals surface area contributed by atoms with Gasteiger partial charge in [0.1, 0.15) is 0 Å². The molecule has 0 atom stereocenters. The summed E-state index contributed by atoms with van der Waals surface area (Å²) in [6.07, 6.45) is 3.69. The zero-order valence-corrected chi connectivity index (χ0v) is 13.3. The number of nitrogens with zero attached hydrogens (tertiary/aromatic N) is 1. The standard InChI is InChI=1S/C15H21ClN2O.ClH/c1-2-18(11-12-7-3-4-8-13(12)16)14(19)15(17)9-5-6-10-15;/h3-4,7-8H,2,5-6,9-11,17H2,1H3;1H. The van der Waals surface area contributed by atoms with Crippen molar-refractivity contribution in [1.82, 2.24) is 4.90 Å². The molecule has 1 amide bonds. The van der Waals surface area contributed by atoms with Crippen LogP contribution in [0, 0.1) is 0 Å². The number of halogens is 2. The highest BCUT2D eigenvalue weighted by molar-refractivity contribution is 6.31. The van der Waals surface area contributed by atoms with Gasteiger partial charge in [0.25, 0.3) is 0 Å². The van der Waals surface area contributed by atoms with Gasteiger partial charge in [-0.05, 0) is 31.4 Å². The number of hydrogen-bond donors (Lipinski definition) is 1. The van der Waals surface area contributed by atoms with Crippen LogP contribution in [0.2, 0.25) is 5.02 Å². The third-order valence-corrected chi connectivity index (χ3v) is 4.28. The summed E-state index contributed by atoms with van der Waals surface area (Å²) in [5.41, 5.74) is 6.56. The van der Waals surface area contributed by atoms with Crippen LogP contribution in [-0.4, -0.2) is 22.9 Å². The third-order valence-electron chi connectivity index (χ3n) is 3.91. The first-order valence-electron chi connectivity index (χ1n) is 6.88. The summed E-state index contributed by atoms with van der Waals surface area (Å²) in [6, 6.07) is 7.64. The molecule has 2 N–H and O–H groups in total. The largest absolute Gasteiger partial charge is 0.337 e. The first-order chi connectivity index (χ1) is 9.07. The summed E-state index contributed by atoms with van der Waals surface area (Å²) >= 11 is 6.16. The van der Waals surface area contributed by atoms with E-state index in [4.69, 9.17) is 17.3 Å². The number of nitrogens with two attached hydrogens (primary N) is 1. The van der Waals surface area contributed by atoms with Crippen LogP contribution in [0.5, 0.6) is 0 Å². The number of carbonyl (C=O) groups excluding carboxylic acids is 1. The molecule has 0 unspecified atom stereocenters. The smallest absolute Gasteiger partial charge is 0.242 e. The topological polar surface area (TPSA) is 46.3 Å². The van der Waals surface area contributed by atoms with Gasteiger partial charge in [-0.25, -0.2) is 0 Å². The Morgan fingerprint density at radius 2 is 1.95 bits per heavy atom. The molecule has 0 radical (unpaired) electrons. The van der Waals surface area contributed by atoms with Crippen LogP contribution in [0.3, 0.4) is 0 Å². The second kappa shape index (κ2) is 7.30. The van der Waals surface area contributed by atoms with Gasteiger partial charge in [-0.1, -0.05) is 42.6 Å². The first kappa shape index (κ1) is 17.3. The molecule has 1 aromatic carbocycles. The summed E-state index contributed by atoms with van der Waals surface area (Å²) < 4.78 is 0. The fourth-order valence-corrected chi connectivity index (χ4v) is 2.89. The third kappa shape index (κ3) is 3.66. The number of benzene rings is 1.